The van der Waals surface area contributed by atoms with E-state index in [1.165, 1.54) is 6.92 Å². The maximum atomic E-state index is 11.7. The maximum Gasteiger partial charge on any atom is 0.306 e. The minimum absolute atomic E-state index is 0.0438. The number of ketones is 1. The Morgan fingerprint density at radius 1 is 0.962 bits per heavy atom. The monoisotopic (exact) mass is 393 g/mol. The van der Waals surface area contributed by atoms with Gasteiger partial charge in [-0.3, -0.25) is 24.4 Å². The quantitative estimate of drug-likeness (QED) is 0.104. The lowest BCUT2D eigenvalue weighted by Crippen LogP contribution is -2.47. The standard InChI is InChI=1S/C14H23N3O8S/c1-9(18)2-3-14(22)24-6-10(7-25-23)17-12(20)5-15-11(19)4-16-13(21)8-26/h10,23,26H,2-8H2,1H3,(H,15,19)(H,16,21)(H,17,20). The van der Waals surface area contributed by atoms with E-state index in [9.17, 15) is 24.0 Å². The summed E-state index contributed by atoms with van der Waals surface area (Å²) < 4.78 is 4.87. The van der Waals surface area contributed by atoms with E-state index < -0.39 is 36.3 Å². The van der Waals surface area contributed by atoms with Crippen LogP contribution >= 0.6 is 12.6 Å². The minimum atomic E-state index is -0.852. The van der Waals surface area contributed by atoms with Gasteiger partial charge in [0, 0.05) is 6.42 Å². The molecule has 4 N–H and O–H groups in total. The summed E-state index contributed by atoms with van der Waals surface area (Å²) in [7, 11) is 0. The molecule has 12 heteroatoms. The van der Waals surface area contributed by atoms with Crippen LogP contribution < -0.4 is 16.0 Å². The van der Waals surface area contributed by atoms with Gasteiger partial charge in [-0.05, 0) is 6.92 Å². The average molecular weight is 393 g/mol. The predicted molar refractivity (Wildman–Crippen MR) is 91.3 cm³/mol. The molecule has 0 aliphatic heterocycles. The molecule has 1 atom stereocenters. The highest BCUT2D eigenvalue weighted by molar-refractivity contribution is 7.81. The molecule has 0 aromatic rings. The summed E-state index contributed by atoms with van der Waals surface area (Å²) in [6.45, 7) is 0.0140. The number of nitrogens with one attached hydrogen (secondary N) is 3. The molecular formula is C14H23N3O8S. The fourth-order valence-electron chi connectivity index (χ4n) is 1.52. The van der Waals surface area contributed by atoms with E-state index >= 15 is 0 Å². The van der Waals surface area contributed by atoms with Crippen molar-refractivity contribution in [2.24, 2.45) is 0 Å². The fourth-order valence-corrected chi connectivity index (χ4v) is 1.63. The highest BCUT2D eigenvalue weighted by atomic mass is 32.1. The topological polar surface area (TPSA) is 160 Å². The van der Waals surface area contributed by atoms with E-state index in [1.54, 1.807) is 0 Å². The van der Waals surface area contributed by atoms with Gasteiger partial charge < -0.3 is 25.5 Å². The second-order valence-corrected chi connectivity index (χ2v) is 5.47. The molecular weight excluding hydrogens is 370 g/mol. The molecule has 0 spiro atoms. The van der Waals surface area contributed by atoms with Gasteiger partial charge in [0.05, 0.1) is 31.3 Å². The van der Waals surface area contributed by atoms with E-state index in [4.69, 9.17) is 9.99 Å². The van der Waals surface area contributed by atoms with Gasteiger partial charge in [0.15, 0.2) is 0 Å². The summed E-state index contributed by atoms with van der Waals surface area (Å²) in [4.78, 5) is 60.2. The molecule has 0 aromatic carbocycles. The summed E-state index contributed by atoms with van der Waals surface area (Å²) in [6, 6.07) is -0.852. The van der Waals surface area contributed by atoms with Gasteiger partial charge in [0.1, 0.15) is 19.0 Å². The zero-order valence-electron chi connectivity index (χ0n) is 14.3. The summed E-state index contributed by atoms with van der Waals surface area (Å²) >= 11 is 3.73. The second-order valence-electron chi connectivity index (χ2n) is 5.16. The van der Waals surface area contributed by atoms with Gasteiger partial charge in [0.2, 0.25) is 17.7 Å². The third kappa shape index (κ3) is 13.1. The molecule has 0 radical (unpaired) electrons. The number of rotatable bonds is 13. The third-order valence-electron chi connectivity index (χ3n) is 2.80. The molecule has 0 saturated carbocycles. The zero-order chi connectivity index (χ0) is 19.9. The van der Waals surface area contributed by atoms with Gasteiger partial charge in [-0.1, -0.05) is 0 Å². The summed E-state index contributed by atoms with van der Waals surface area (Å²) in [5.41, 5.74) is 0. The zero-order valence-corrected chi connectivity index (χ0v) is 15.2. The largest absolute Gasteiger partial charge is 0.463 e. The second kappa shape index (κ2) is 14.0. The molecule has 0 saturated heterocycles. The smallest absolute Gasteiger partial charge is 0.306 e. The van der Waals surface area contributed by atoms with Gasteiger partial charge in [-0.15, -0.1) is 0 Å². The summed E-state index contributed by atoms with van der Waals surface area (Å²) in [5, 5.41) is 15.4. The van der Waals surface area contributed by atoms with Gasteiger partial charge in [-0.2, -0.15) is 12.6 Å². The van der Waals surface area contributed by atoms with Gasteiger partial charge >= 0.3 is 5.97 Å². The number of carbonyl (C=O) groups is 5. The molecule has 0 heterocycles. The van der Waals surface area contributed by atoms with E-state index in [0.717, 1.165) is 0 Å². The molecule has 3 amide bonds. The Hall–Kier alpha value is -2.18. The fraction of sp³-hybridized carbons (Fsp3) is 0.643. The number of carbonyl (C=O) groups excluding carboxylic acids is 5. The number of hydrogen-bond donors (Lipinski definition) is 5. The van der Waals surface area contributed by atoms with Crippen LogP contribution in [0.25, 0.3) is 0 Å². The van der Waals surface area contributed by atoms with E-state index in [-0.39, 0.29) is 44.1 Å². The van der Waals surface area contributed by atoms with Crippen LogP contribution in [0.2, 0.25) is 0 Å². The van der Waals surface area contributed by atoms with E-state index in [2.05, 4.69) is 33.5 Å². The Labute approximate surface area is 155 Å². The van der Waals surface area contributed by atoms with E-state index in [1.807, 2.05) is 0 Å². The van der Waals surface area contributed by atoms with E-state index in [0.29, 0.717) is 0 Å². The average Bonchev–Trinajstić information content (AvgIpc) is 2.60. The number of amides is 3. The molecule has 26 heavy (non-hydrogen) atoms. The van der Waals surface area contributed by atoms with Crippen LogP contribution in [-0.2, 0) is 33.6 Å². The molecule has 148 valence electrons. The number of hydrogen-bond acceptors (Lipinski definition) is 9. The number of Topliss-reactive ketones (excluding diaryl/α,β-unsaturated/α-hetero) is 1. The van der Waals surface area contributed by atoms with Crippen molar-refractivity contribution in [2.45, 2.75) is 25.8 Å². The van der Waals surface area contributed by atoms with Crippen molar-refractivity contribution in [2.75, 3.05) is 32.1 Å². The number of thiol groups is 1. The van der Waals surface area contributed by atoms with Crippen LogP contribution in [0.1, 0.15) is 19.8 Å². The molecule has 1 unspecified atom stereocenters. The molecule has 0 aliphatic rings. The first-order chi connectivity index (χ1) is 12.3. The third-order valence-corrected chi connectivity index (χ3v) is 3.09. The lowest BCUT2D eigenvalue weighted by molar-refractivity contribution is -0.248. The Morgan fingerprint density at radius 3 is 2.15 bits per heavy atom. The Morgan fingerprint density at radius 2 is 1.58 bits per heavy atom. The van der Waals surface area contributed by atoms with Crippen LogP contribution in [0, 0.1) is 0 Å². The lowest BCUT2D eigenvalue weighted by atomic mass is 10.2. The Bertz CT molecular complexity index is 514. The van der Waals surface area contributed by atoms with Crippen molar-refractivity contribution in [1.82, 2.24) is 16.0 Å². The van der Waals surface area contributed by atoms with Crippen LogP contribution in [0.5, 0.6) is 0 Å². The highest BCUT2D eigenvalue weighted by Gasteiger charge is 2.16. The van der Waals surface area contributed by atoms with Crippen LogP contribution in [0.3, 0.4) is 0 Å². The normalized spacial score (nSPS) is 11.2. The van der Waals surface area contributed by atoms with Crippen molar-refractivity contribution in [3.8, 4) is 0 Å². The molecule has 0 aromatic heterocycles. The Kier molecular flexibility index (Phi) is 12.9. The molecule has 0 rings (SSSR count). The summed E-state index contributed by atoms with van der Waals surface area (Å²) in [5.74, 6) is -2.50. The van der Waals surface area contributed by atoms with Crippen molar-refractivity contribution in [3.63, 3.8) is 0 Å². The minimum Gasteiger partial charge on any atom is -0.463 e. The van der Waals surface area contributed by atoms with Gasteiger partial charge in [-0.25, -0.2) is 4.89 Å². The van der Waals surface area contributed by atoms with Crippen LogP contribution in [0.15, 0.2) is 0 Å². The first-order valence-electron chi connectivity index (χ1n) is 7.63. The van der Waals surface area contributed by atoms with Crippen molar-refractivity contribution < 1.29 is 38.9 Å². The SMILES string of the molecule is CC(=O)CCC(=O)OCC(COO)NC(=O)CNC(=O)CNC(=O)CS. The Balaban J connectivity index is 4.16. The molecule has 0 bridgehead atoms. The number of ether oxygens (including phenoxy) is 1. The van der Waals surface area contributed by atoms with Crippen LogP contribution in [-0.4, -0.2) is 72.8 Å². The predicted octanol–water partition coefficient (Wildman–Crippen LogP) is -1.96. The first-order valence-corrected chi connectivity index (χ1v) is 8.26. The maximum absolute atomic E-state index is 11.7. The lowest BCUT2D eigenvalue weighted by Gasteiger charge is -2.17. The molecule has 0 aliphatic carbocycles. The van der Waals surface area contributed by atoms with Gasteiger partial charge in [0.25, 0.3) is 0 Å². The van der Waals surface area contributed by atoms with Crippen molar-refractivity contribution in [3.05, 3.63) is 0 Å². The van der Waals surface area contributed by atoms with Crippen molar-refractivity contribution >= 4 is 42.1 Å². The highest BCUT2D eigenvalue weighted by Crippen LogP contribution is 1.96. The summed E-state index contributed by atoms with van der Waals surface area (Å²) in [6.07, 6.45) is -0.0494. The number of esters is 1. The van der Waals surface area contributed by atoms with Crippen LogP contribution in [0.4, 0.5) is 0 Å². The van der Waals surface area contributed by atoms with Crippen molar-refractivity contribution in [1.29, 1.82) is 0 Å². The first kappa shape index (κ1) is 23.8. The molecule has 11 nitrogen and oxygen atoms in total. The molecule has 0 fully saturated rings.